The summed E-state index contributed by atoms with van der Waals surface area (Å²) in [5, 5.41) is 3.22. The molecule has 1 unspecified atom stereocenters. The predicted molar refractivity (Wildman–Crippen MR) is 68.6 cm³/mol. The molecule has 84 valence electrons. The molecule has 15 heavy (non-hydrogen) atoms. The van der Waals surface area contributed by atoms with Crippen molar-refractivity contribution in [1.82, 2.24) is 5.32 Å². The van der Waals surface area contributed by atoms with E-state index in [0.29, 0.717) is 0 Å². The molecule has 0 aliphatic heterocycles. The number of rotatable bonds is 6. The highest BCUT2D eigenvalue weighted by molar-refractivity contribution is 9.10. The van der Waals surface area contributed by atoms with Crippen LogP contribution in [0.3, 0.4) is 0 Å². The monoisotopic (exact) mass is 289 g/mol. The Bertz CT molecular complexity index is 313. The van der Waals surface area contributed by atoms with E-state index >= 15 is 0 Å². The van der Waals surface area contributed by atoms with Crippen molar-refractivity contribution in [3.8, 4) is 0 Å². The molecular formula is C11H16BrNOS. The van der Waals surface area contributed by atoms with E-state index in [1.165, 1.54) is 0 Å². The van der Waals surface area contributed by atoms with Crippen LogP contribution in [0.2, 0.25) is 0 Å². The van der Waals surface area contributed by atoms with E-state index in [0.717, 1.165) is 34.6 Å². The normalized spacial score (nSPS) is 12.7. The molecule has 1 aromatic carbocycles. The van der Waals surface area contributed by atoms with Gasteiger partial charge >= 0.3 is 0 Å². The third-order valence-corrected chi connectivity index (χ3v) is 4.00. The summed E-state index contributed by atoms with van der Waals surface area (Å²) in [6.07, 6.45) is 0.955. The van der Waals surface area contributed by atoms with Crippen LogP contribution in [0.15, 0.2) is 33.6 Å². The van der Waals surface area contributed by atoms with Gasteiger partial charge in [-0.15, -0.1) is 0 Å². The van der Waals surface area contributed by atoms with Crippen molar-refractivity contribution in [2.75, 3.05) is 18.8 Å². The fourth-order valence-electron chi connectivity index (χ4n) is 1.21. The number of halogens is 1. The summed E-state index contributed by atoms with van der Waals surface area (Å²) in [6.45, 7) is 4.00. The first-order chi connectivity index (χ1) is 7.24. The maximum Gasteiger partial charge on any atom is 0.0529 e. The zero-order chi connectivity index (χ0) is 11.1. The van der Waals surface area contributed by atoms with Crippen LogP contribution >= 0.6 is 15.9 Å². The average Bonchev–Trinajstić information content (AvgIpc) is 2.25. The predicted octanol–water partition coefficient (Wildman–Crippen LogP) is 2.56. The van der Waals surface area contributed by atoms with Gasteiger partial charge in [0.15, 0.2) is 0 Å². The van der Waals surface area contributed by atoms with Gasteiger partial charge in [0.1, 0.15) is 0 Å². The van der Waals surface area contributed by atoms with Crippen molar-refractivity contribution < 1.29 is 4.21 Å². The Hall–Kier alpha value is -0.190. The van der Waals surface area contributed by atoms with Gasteiger partial charge in [-0.1, -0.05) is 22.9 Å². The molecule has 0 fully saturated rings. The number of nitrogens with one attached hydrogen (secondary N) is 1. The Kier molecular flexibility index (Phi) is 6.13. The second kappa shape index (κ2) is 7.14. The van der Waals surface area contributed by atoms with Crippen LogP contribution in [0.25, 0.3) is 0 Å². The van der Waals surface area contributed by atoms with Gasteiger partial charge in [-0.3, -0.25) is 4.21 Å². The summed E-state index contributed by atoms with van der Waals surface area (Å²) in [4.78, 5) is 0.912. The van der Waals surface area contributed by atoms with Crippen molar-refractivity contribution in [3.05, 3.63) is 28.7 Å². The van der Waals surface area contributed by atoms with E-state index in [4.69, 9.17) is 0 Å². The van der Waals surface area contributed by atoms with Crippen LogP contribution in [0.5, 0.6) is 0 Å². The molecular weight excluding hydrogens is 274 g/mol. The molecule has 0 saturated carbocycles. The Balaban J connectivity index is 2.37. The van der Waals surface area contributed by atoms with E-state index in [9.17, 15) is 4.21 Å². The van der Waals surface area contributed by atoms with E-state index in [2.05, 4.69) is 28.2 Å². The number of benzene rings is 1. The molecule has 0 bridgehead atoms. The van der Waals surface area contributed by atoms with Crippen molar-refractivity contribution in [1.29, 1.82) is 0 Å². The van der Waals surface area contributed by atoms with Gasteiger partial charge in [-0.05, 0) is 43.8 Å². The van der Waals surface area contributed by atoms with Crippen LogP contribution < -0.4 is 5.32 Å². The Morgan fingerprint density at radius 3 is 2.60 bits per heavy atom. The highest BCUT2D eigenvalue weighted by Gasteiger charge is 2.02. The Morgan fingerprint density at radius 2 is 2.00 bits per heavy atom. The molecule has 0 aliphatic carbocycles. The molecule has 1 rings (SSSR count). The number of hydrogen-bond acceptors (Lipinski definition) is 2. The largest absolute Gasteiger partial charge is 0.317 e. The molecule has 0 radical (unpaired) electrons. The fourth-order valence-corrected chi connectivity index (χ4v) is 2.56. The van der Waals surface area contributed by atoms with Crippen molar-refractivity contribution in [2.45, 2.75) is 18.2 Å². The third-order valence-electron chi connectivity index (χ3n) is 2.01. The first-order valence-electron chi connectivity index (χ1n) is 5.08. The molecule has 4 heteroatoms. The first-order valence-corrected chi connectivity index (χ1v) is 7.20. The van der Waals surface area contributed by atoms with Gasteiger partial charge in [0.2, 0.25) is 0 Å². The lowest BCUT2D eigenvalue weighted by atomic mass is 10.4. The quantitative estimate of drug-likeness (QED) is 0.816. The van der Waals surface area contributed by atoms with Gasteiger partial charge in [-0.2, -0.15) is 0 Å². The molecule has 0 aromatic heterocycles. The summed E-state index contributed by atoms with van der Waals surface area (Å²) in [5.74, 6) is 0.731. The van der Waals surface area contributed by atoms with Crippen LogP contribution in [-0.2, 0) is 10.8 Å². The molecule has 1 atom stereocenters. The van der Waals surface area contributed by atoms with Gasteiger partial charge < -0.3 is 5.32 Å². The molecule has 0 spiro atoms. The van der Waals surface area contributed by atoms with Gasteiger partial charge in [0.05, 0.1) is 10.8 Å². The maximum atomic E-state index is 11.8. The minimum atomic E-state index is -0.856. The second-order valence-corrected chi connectivity index (χ2v) is 5.70. The average molecular weight is 290 g/mol. The molecule has 2 nitrogen and oxygen atoms in total. The van der Waals surface area contributed by atoms with E-state index in [1.54, 1.807) is 0 Å². The van der Waals surface area contributed by atoms with Crippen LogP contribution in [0.4, 0.5) is 0 Å². The SMILES string of the molecule is CCNCCCS(=O)c1ccc(Br)cc1. The minimum Gasteiger partial charge on any atom is -0.317 e. The van der Waals surface area contributed by atoms with Gasteiger partial charge in [0.25, 0.3) is 0 Å². The van der Waals surface area contributed by atoms with Crippen molar-refractivity contribution in [2.24, 2.45) is 0 Å². The Labute approximate surface area is 102 Å². The Morgan fingerprint density at radius 1 is 1.33 bits per heavy atom. The fraction of sp³-hybridized carbons (Fsp3) is 0.455. The topological polar surface area (TPSA) is 29.1 Å². The molecule has 0 amide bonds. The van der Waals surface area contributed by atoms with Crippen LogP contribution in [-0.4, -0.2) is 23.1 Å². The summed E-state index contributed by atoms with van der Waals surface area (Å²) < 4.78 is 12.8. The third kappa shape index (κ3) is 4.91. The van der Waals surface area contributed by atoms with Gasteiger partial charge in [-0.25, -0.2) is 0 Å². The minimum absolute atomic E-state index is 0.731. The molecule has 0 heterocycles. The number of hydrogen-bond donors (Lipinski definition) is 1. The smallest absolute Gasteiger partial charge is 0.0529 e. The summed E-state index contributed by atoms with van der Waals surface area (Å²) in [7, 11) is -0.856. The zero-order valence-electron chi connectivity index (χ0n) is 8.83. The molecule has 1 N–H and O–H groups in total. The molecule has 0 aliphatic rings. The molecule has 0 saturated heterocycles. The lowest BCUT2D eigenvalue weighted by Gasteiger charge is -2.03. The van der Waals surface area contributed by atoms with Crippen LogP contribution in [0.1, 0.15) is 13.3 Å². The first kappa shape index (κ1) is 12.9. The standard InChI is InChI=1S/C11H16BrNOS/c1-2-13-8-3-9-15(14)11-6-4-10(12)5-7-11/h4-7,13H,2-3,8-9H2,1H3. The summed E-state index contributed by atoms with van der Waals surface area (Å²) >= 11 is 3.36. The zero-order valence-corrected chi connectivity index (χ0v) is 11.2. The van der Waals surface area contributed by atoms with Gasteiger partial charge in [0, 0.05) is 15.1 Å². The lowest BCUT2D eigenvalue weighted by Crippen LogP contribution is -2.16. The van der Waals surface area contributed by atoms with Crippen molar-refractivity contribution in [3.63, 3.8) is 0 Å². The van der Waals surface area contributed by atoms with E-state index in [-0.39, 0.29) is 0 Å². The van der Waals surface area contributed by atoms with E-state index < -0.39 is 10.8 Å². The second-order valence-electron chi connectivity index (χ2n) is 3.21. The van der Waals surface area contributed by atoms with Crippen LogP contribution in [0, 0.1) is 0 Å². The summed E-state index contributed by atoms with van der Waals surface area (Å²) in [5.41, 5.74) is 0. The summed E-state index contributed by atoms with van der Waals surface area (Å²) in [6, 6.07) is 7.68. The highest BCUT2D eigenvalue weighted by Crippen LogP contribution is 2.13. The highest BCUT2D eigenvalue weighted by atomic mass is 79.9. The maximum absolute atomic E-state index is 11.8. The van der Waals surface area contributed by atoms with Crippen molar-refractivity contribution >= 4 is 26.7 Å². The molecule has 1 aromatic rings. The van der Waals surface area contributed by atoms with E-state index in [1.807, 2.05) is 24.3 Å². The lowest BCUT2D eigenvalue weighted by molar-refractivity contribution is 0.670.